The van der Waals surface area contributed by atoms with Gasteiger partial charge in [-0.05, 0) is 27.3 Å². The van der Waals surface area contributed by atoms with Crippen LogP contribution in [0.5, 0.6) is 0 Å². The van der Waals surface area contributed by atoms with E-state index in [1.165, 1.54) is 0 Å². The second-order valence-electron chi connectivity index (χ2n) is 3.99. The predicted molar refractivity (Wildman–Crippen MR) is 56.9 cm³/mol. The van der Waals surface area contributed by atoms with Gasteiger partial charge in [-0.3, -0.25) is 9.69 Å². The lowest BCUT2D eigenvalue weighted by Gasteiger charge is -2.28. The highest BCUT2D eigenvalue weighted by atomic mass is 16.2. The van der Waals surface area contributed by atoms with E-state index in [9.17, 15) is 4.79 Å². The minimum Gasteiger partial charge on any atom is -0.339 e. The first-order valence-corrected chi connectivity index (χ1v) is 5.32. The van der Waals surface area contributed by atoms with E-state index < -0.39 is 0 Å². The lowest BCUT2D eigenvalue weighted by atomic mass is 10.2. The summed E-state index contributed by atoms with van der Waals surface area (Å²) in [5.74, 6) is 0.183. The van der Waals surface area contributed by atoms with E-state index in [1.54, 1.807) is 0 Å². The zero-order chi connectivity index (χ0) is 10.7. The van der Waals surface area contributed by atoms with Crippen LogP contribution < -0.4 is 5.73 Å². The molecule has 1 amide bonds. The molecule has 1 aliphatic heterocycles. The van der Waals surface area contributed by atoms with Crippen LogP contribution in [0.3, 0.4) is 0 Å². The van der Waals surface area contributed by atoms with Gasteiger partial charge in [0.25, 0.3) is 0 Å². The largest absolute Gasteiger partial charge is 0.339 e. The molecule has 0 aromatic rings. The molecule has 1 aliphatic rings. The first-order valence-electron chi connectivity index (χ1n) is 5.32. The van der Waals surface area contributed by atoms with Crippen LogP contribution in [0, 0.1) is 0 Å². The van der Waals surface area contributed by atoms with Gasteiger partial charge < -0.3 is 10.6 Å². The monoisotopic (exact) mass is 199 g/mol. The van der Waals surface area contributed by atoms with Crippen molar-refractivity contribution >= 4 is 5.91 Å². The van der Waals surface area contributed by atoms with Gasteiger partial charge in [0.2, 0.25) is 5.91 Å². The number of nitrogens with zero attached hydrogens (tertiary/aromatic N) is 2. The van der Waals surface area contributed by atoms with Crippen molar-refractivity contribution in [2.45, 2.75) is 32.4 Å². The summed E-state index contributed by atoms with van der Waals surface area (Å²) < 4.78 is 0. The number of hydrogen-bond donors (Lipinski definition) is 1. The molecule has 2 N–H and O–H groups in total. The fourth-order valence-corrected chi connectivity index (χ4v) is 2.05. The molecule has 0 spiro atoms. The molecule has 14 heavy (non-hydrogen) atoms. The number of nitrogens with two attached hydrogens (primary N) is 1. The molecule has 1 fully saturated rings. The van der Waals surface area contributed by atoms with E-state index in [0.717, 1.165) is 19.5 Å². The second-order valence-corrected chi connectivity index (χ2v) is 3.99. The Balaban J connectivity index is 2.82. The van der Waals surface area contributed by atoms with Gasteiger partial charge in [-0.1, -0.05) is 0 Å². The molecular weight excluding hydrogens is 178 g/mol. The average Bonchev–Trinajstić information content (AvgIpc) is 2.25. The lowest BCUT2D eigenvalue weighted by Crippen LogP contribution is -2.49. The molecule has 0 aromatic heterocycles. The Hall–Kier alpha value is -0.610. The Bertz CT molecular complexity index is 188. The van der Waals surface area contributed by atoms with Crippen molar-refractivity contribution in [1.82, 2.24) is 9.80 Å². The van der Waals surface area contributed by atoms with Gasteiger partial charge in [0.15, 0.2) is 0 Å². The summed E-state index contributed by atoms with van der Waals surface area (Å²) in [6.07, 6.45) is 1.03. The first-order chi connectivity index (χ1) is 6.61. The van der Waals surface area contributed by atoms with Crippen LogP contribution in [-0.4, -0.2) is 54.5 Å². The molecule has 2 unspecified atom stereocenters. The Morgan fingerprint density at radius 2 is 2.21 bits per heavy atom. The summed E-state index contributed by atoms with van der Waals surface area (Å²) >= 11 is 0. The third-order valence-corrected chi connectivity index (χ3v) is 3.10. The van der Waals surface area contributed by atoms with Crippen molar-refractivity contribution in [2.75, 3.05) is 26.7 Å². The van der Waals surface area contributed by atoms with E-state index in [0.29, 0.717) is 12.6 Å². The van der Waals surface area contributed by atoms with Crippen LogP contribution in [-0.2, 0) is 4.79 Å². The quantitative estimate of drug-likeness (QED) is 0.675. The maximum atomic E-state index is 12.0. The fraction of sp³-hybridized carbons (Fsp3) is 0.900. The second kappa shape index (κ2) is 4.75. The van der Waals surface area contributed by atoms with E-state index in [4.69, 9.17) is 5.73 Å². The van der Waals surface area contributed by atoms with Crippen LogP contribution in [0.25, 0.3) is 0 Å². The standard InChI is InChI=1S/C10H21N3O/c1-4-13-8(2)5-6-12(3)9(7-11)10(13)14/h8-9H,4-7,11H2,1-3H3. The number of amides is 1. The van der Waals surface area contributed by atoms with Crippen LogP contribution >= 0.6 is 0 Å². The molecule has 4 heteroatoms. The van der Waals surface area contributed by atoms with Gasteiger partial charge >= 0.3 is 0 Å². The molecule has 0 radical (unpaired) electrons. The molecule has 0 aromatic carbocycles. The van der Waals surface area contributed by atoms with Gasteiger partial charge in [-0.2, -0.15) is 0 Å². The maximum absolute atomic E-state index is 12.0. The average molecular weight is 199 g/mol. The minimum absolute atomic E-state index is 0.125. The molecular formula is C10H21N3O. The normalized spacial score (nSPS) is 30.6. The van der Waals surface area contributed by atoms with Crippen molar-refractivity contribution in [3.05, 3.63) is 0 Å². The van der Waals surface area contributed by atoms with Crippen molar-refractivity contribution in [1.29, 1.82) is 0 Å². The summed E-state index contributed by atoms with van der Waals surface area (Å²) in [4.78, 5) is 16.0. The predicted octanol–water partition coefficient (Wildman–Crippen LogP) is -0.114. The Morgan fingerprint density at radius 1 is 1.57 bits per heavy atom. The summed E-state index contributed by atoms with van der Waals surface area (Å²) in [5, 5.41) is 0. The molecule has 0 bridgehead atoms. The summed E-state index contributed by atoms with van der Waals surface area (Å²) in [5.41, 5.74) is 5.63. The van der Waals surface area contributed by atoms with Crippen molar-refractivity contribution in [3.63, 3.8) is 0 Å². The Morgan fingerprint density at radius 3 is 2.71 bits per heavy atom. The van der Waals surface area contributed by atoms with Crippen molar-refractivity contribution in [2.24, 2.45) is 5.73 Å². The Labute approximate surface area is 86.0 Å². The minimum atomic E-state index is -0.125. The highest BCUT2D eigenvalue weighted by Gasteiger charge is 2.31. The van der Waals surface area contributed by atoms with Crippen LogP contribution in [0.15, 0.2) is 0 Å². The summed E-state index contributed by atoms with van der Waals surface area (Å²) in [6.45, 7) is 6.27. The van der Waals surface area contributed by atoms with Crippen molar-refractivity contribution < 1.29 is 4.79 Å². The van der Waals surface area contributed by atoms with Gasteiger partial charge in [0.05, 0.1) is 0 Å². The smallest absolute Gasteiger partial charge is 0.241 e. The van der Waals surface area contributed by atoms with E-state index in [-0.39, 0.29) is 11.9 Å². The SMILES string of the molecule is CCN1C(=O)C(CN)N(C)CCC1C. The number of likely N-dealkylation sites (N-methyl/N-ethyl adjacent to an activating group) is 2. The van der Waals surface area contributed by atoms with Gasteiger partial charge in [0.1, 0.15) is 6.04 Å². The van der Waals surface area contributed by atoms with Crippen LogP contribution in [0.4, 0.5) is 0 Å². The molecule has 2 atom stereocenters. The highest BCUT2D eigenvalue weighted by molar-refractivity contribution is 5.82. The van der Waals surface area contributed by atoms with Gasteiger partial charge in [-0.25, -0.2) is 0 Å². The van der Waals surface area contributed by atoms with E-state index in [1.807, 2.05) is 18.9 Å². The molecule has 4 nitrogen and oxygen atoms in total. The molecule has 1 rings (SSSR count). The third-order valence-electron chi connectivity index (χ3n) is 3.10. The van der Waals surface area contributed by atoms with Crippen LogP contribution in [0.1, 0.15) is 20.3 Å². The Kier molecular flexibility index (Phi) is 3.89. The molecule has 0 saturated carbocycles. The maximum Gasteiger partial charge on any atom is 0.241 e. The molecule has 1 heterocycles. The van der Waals surface area contributed by atoms with E-state index in [2.05, 4.69) is 11.8 Å². The van der Waals surface area contributed by atoms with Crippen LogP contribution in [0.2, 0.25) is 0 Å². The molecule has 82 valence electrons. The number of rotatable bonds is 2. The van der Waals surface area contributed by atoms with Gasteiger partial charge in [0, 0.05) is 25.7 Å². The number of carbonyl (C=O) groups is 1. The zero-order valence-electron chi connectivity index (χ0n) is 9.36. The van der Waals surface area contributed by atoms with Gasteiger partial charge in [-0.15, -0.1) is 0 Å². The summed E-state index contributed by atoms with van der Waals surface area (Å²) in [7, 11) is 1.97. The molecule has 0 aliphatic carbocycles. The van der Waals surface area contributed by atoms with E-state index >= 15 is 0 Å². The molecule has 1 saturated heterocycles. The number of hydrogen-bond acceptors (Lipinski definition) is 3. The lowest BCUT2D eigenvalue weighted by molar-refractivity contribution is -0.136. The third kappa shape index (κ3) is 2.07. The topological polar surface area (TPSA) is 49.6 Å². The van der Waals surface area contributed by atoms with Crippen molar-refractivity contribution in [3.8, 4) is 0 Å². The fourth-order valence-electron chi connectivity index (χ4n) is 2.05. The highest BCUT2D eigenvalue weighted by Crippen LogP contribution is 2.14. The summed E-state index contributed by atoms with van der Waals surface area (Å²) in [6, 6.07) is 0.214. The zero-order valence-corrected chi connectivity index (χ0v) is 9.36. The first kappa shape index (κ1) is 11.5. The number of carbonyl (C=O) groups excluding carboxylic acids is 1.